The minimum atomic E-state index is -0.318. The molecule has 3 aromatic rings. The molecule has 7 nitrogen and oxygen atoms in total. The van der Waals surface area contributed by atoms with E-state index in [-0.39, 0.29) is 6.03 Å². The second kappa shape index (κ2) is 9.65. The lowest BCUT2D eigenvalue weighted by atomic mass is 10.2. The molecule has 0 saturated heterocycles. The van der Waals surface area contributed by atoms with E-state index in [0.29, 0.717) is 31.3 Å². The molecule has 2 heterocycles. The predicted molar refractivity (Wildman–Crippen MR) is 105 cm³/mol. The van der Waals surface area contributed by atoms with Crippen LogP contribution >= 0.6 is 11.3 Å². The molecule has 2 N–H and O–H groups in total. The van der Waals surface area contributed by atoms with Gasteiger partial charge in [0.15, 0.2) is 0 Å². The van der Waals surface area contributed by atoms with Gasteiger partial charge in [0.25, 0.3) is 0 Å². The van der Waals surface area contributed by atoms with Gasteiger partial charge in [-0.2, -0.15) is 0 Å². The molecule has 0 aliphatic rings. The maximum atomic E-state index is 12.0. The topological polar surface area (TPSA) is 85.4 Å². The fourth-order valence-corrected chi connectivity index (χ4v) is 2.98. The van der Waals surface area contributed by atoms with Gasteiger partial charge in [-0.25, -0.2) is 14.8 Å². The zero-order valence-electron chi connectivity index (χ0n) is 14.8. The van der Waals surface area contributed by atoms with E-state index in [9.17, 15) is 4.79 Å². The van der Waals surface area contributed by atoms with Crippen molar-refractivity contribution in [1.29, 1.82) is 0 Å². The number of anilines is 1. The first-order valence-corrected chi connectivity index (χ1v) is 9.25. The predicted octanol–water partition coefficient (Wildman–Crippen LogP) is 3.55. The van der Waals surface area contributed by atoms with Crippen molar-refractivity contribution < 1.29 is 14.3 Å². The lowest BCUT2D eigenvalue weighted by Crippen LogP contribution is -2.28. The summed E-state index contributed by atoms with van der Waals surface area (Å²) in [6.45, 7) is 1.28. The Balaban J connectivity index is 1.46. The Labute approximate surface area is 161 Å². The highest BCUT2D eigenvalue weighted by Crippen LogP contribution is 2.21. The summed E-state index contributed by atoms with van der Waals surface area (Å²) in [7, 11) is 1.61. The van der Waals surface area contributed by atoms with Crippen molar-refractivity contribution in [2.24, 2.45) is 0 Å². The molecule has 0 bridgehead atoms. The number of rotatable bonds is 8. The molecule has 27 heavy (non-hydrogen) atoms. The number of nitrogens with one attached hydrogen (secondary N) is 2. The molecule has 0 aliphatic heterocycles. The summed E-state index contributed by atoms with van der Waals surface area (Å²) < 4.78 is 10.3. The number of carbonyl (C=O) groups excluding carboxylic acids is 1. The molecule has 2 amide bonds. The maximum Gasteiger partial charge on any atom is 0.319 e. The second-order valence-corrected chi connectivity index (χ2v) is 6.47. The average Bonchev–Trinajstić information content (AvgIpc) is 3.18. The number of thiazole rings is 1. The number of hydrogen-bond acceptors (Lipinski definition) is 6. The summed E-state index contributed by atoms with van der Waals surface area (Å²) in [6, 6.07) is 13.0. The van der Waals surface area contributed by atoms with Crippen LogP contribution in [0.2, 0.25) is 0 Å². The first-order valence-electron chi connectivity index (χ1n) is 8.37. The van der Waals surface area contributed by atoms with Crippen molar-refractivity contribution in [3.63, 3.8) is 0 Å². The van der Waals surface area contributed by atoms with Crippen molar-refractivity contribution in [2.75, 3.05) is 25.6 Å². The van der Waals surface area contributed by atoms with Crippen LogP contribution < -0.4 is 15.4 Å². The fraction of sp³-hybridized carbons (Fsp3) is 0.211. The lowest BCUT2D eigenvalue weighted by Gasteiger charge is -2.08. The summed E-state index contributed by atoms with van der Waals surface area (Å²) in [5.74, 6) is 0.481. The number of urea groups is 1. The van der Waals surface area contributed by atoms with Gasteiger partial charge in [-0.05, 0) is 6.07 Å². The van der Waals surface area contributed by atoms with Gasteiger partial charge in [0.05, 0.1) is 30.7 Å². The molecular formula is C19H20N4O3S. The number of amides is 2. The monoisotopic (exact) mass is 384 g/mol. The van der Waals surface area contributed by atoms with Crippen molar-refractivity contribution in [3.8, 4) is 17.1 Å². The van der Waals surface area contributed by atoms with E-state index in [1.54, 1.807) is 25.4 Å². The number of carbonyl (C=O) groups is 1. The third-order valence-corrected chi connectivity index (χ3v) is 4.40. The second-order valence-electron chi connectivity index (χ2n) is 5.53. The van der Waals surface area contributed by atoms with Gasteiger partial charge in [0, 0.05) is 24.1 Å². The third kappa shape index (κ3) is 5.77. The molecule has 2 aromatic heterocycles. The number of benzene rings is 1. The summed E-state index contributed by atoms with van der Waals surface area (Å²) in [4.78, 5) is 20.7. The molecular weight excluding hydrogens is 364 g/mol. The van der Waals surface area contributed by atoms with Crippen LogP contribution in [0.3, 0.4) is 0 Å². The van der Waals surface area contributed by atoms with E-state index in [1.807, 2.05) is 35.7 Å². The van der Waals surface area contributed by atoms with Gasteiger partial charge < -0.3 is 20.1 Å². The number of hydrogen-bond donors (Lipinski definition) is 2. The van der Waals surface area contributed by atoms with Crippen LogP contribution in [0.15, 0.2) is 54.0 Å². The van der Waals surface area contributed by atoms with Crippen molar-refractivity contribution in [1.82, 2.24) is 15.3 Å². The Morgan fingerprint density at radius 2 is 2.00 bits per heavy atom. The minimum Gasteiger partial charge on any atom is -0.475 e. The van der Waals surface area contributed by atoms with E-state index in [0.717, 1.165) is 16.3 Å². The Morgan fingerprint density at radius 1 is 1.15 bits per heavy atom. The molecule has 3 rings (SSSR count). The average molecular weight is 384 g/mol. The summed E-state index contributed by atoms with van der Waals surface area (Å²) in [6.07, 6.45) is 1.54. The first kappa shape index (κ1) is 18.8. The van der Waals surface area contributed by atoms with Gasteiger partial charge >= 0.3 is 6.03 Å². The van der Waals surface area contributed by atoms with Gasteiger partial charge in [-0.15, -0.1) is 11.3 Å². The normalized spacial score (nSPS) is 10.4. The highest BCUT2D eigenvalue weighted by molar-refractivity contribution is 7.09. The minimum absolute atomic E-state index is 0.318. The third-order valence-electron chi connectivity index (χ3n) is 3.55. The van der Waals surface area contributed by atoms with Crippen LogP contribution in [0.25, 0.3) is 11.3 Å². The summed E-state index contributed by atoms with van der Waals surface area (Å²) in [5, 5.41) is 8.34. The Kier molecular flexibility index (Phi) is 6.72. The summed E-state index contributed by atoms with van der Waals surface area (Å²) >= 11 is 1.51. The molecule has 8 heteroatoms. The highest BCUT2D eigenvalue weighted by atomic mass is 32.1. The maximum absolute atomic E-state index is 12.0. The van der Waals surface area contributed by atoms with Gasteiger partial charge in [0.1, 0.15) is 11.6 Å². The first-order chi connectivity index (χ1) is 13.2. The fourth-order valence-electron chi connectivity index (χ4n) is 2.23. The van der Waals surface area contributed by atoms with Crippen LogP contribution in [0.1, 0.15) is 5.01 Å². The number of aromatic nitrogens is 2. The molecule has 0 atom stereocenters. The van der Waals surface area contributed by atoms with Crippen LogP contribution in [0, 0.1) is 0 Å². The number of nitrogens with zero attached hydrogens (tertiary/aromatic N) is 2. The van der Waals surface area contributed by atoms with E-state index in [2.05, 4.69) is 20.6 Å². The van der Waals surface area contributed by atoms with Crippen LogP contribution in [0.4, 0.5) is 10.5 Å². The number of pyridine rings is 1. The summed E-state index contributed by atoms with van der Waals surface area (Å²) in [5.41, 5.74) is 2.55. The Bertz CT molecular complexity index is 853. The standard InChI is InChI=1S/C19H20N4O3S/c1-25-9-10-26-17-8-7-15(11-20-17)22-19(24)21-12-18-23-16(13-27-18)14-5-3-2-4-6-14/h2-8,11,13H,9-10,12H2,1H3,(H2,21,22,24). The molecule has 0 saturated carbocycles. The lowest BCUT2D eigenvalue weighted by molar-refractivity contribution is 0.144. The largest absolute Gasteiger partial charge is 0.475 e. The SMILES string of the molecule is COCCOc1ccc(NC(=O)NCc2nc(-c3ccccc3)cs2)cn1. The van der Waals surface area contributed by atoms with E-state index in [4.69, 9.17) is 9.47 Å². The zero-order chi connectivity index (χ0) is 18.9. The van der Waals surface area contributed by atoms with Gasteiger partial charge in [0.2, 0.25) is 5.88 Å². The van der Waals surface area contributed by atoms with E-state index in [1.165, 1.54) is 11.3 Å². The smallest absolute Gasteiger partial charge is 0.319 e. The van der Waals surface area contributed by atoms with Crippen LogP contribution in [-0.4, -0.2) is 36.3 Å². The quantitative estimate of drug-likeness (QED) is 0.580. The van der Waals surface area contributed by atoms with Crippen LogP contribution in [0.5, 0.6) is 5.88 Å². The Morgan fingerprint density at radius 3 is 2.74 bits per heavy atom. The van der Waals surface area contributed by atoms with Gasteiger partial charge in [-0.3, -0.25) is 0 Å². The molecule has 0 aliphatic carbocycles. The molecule has 0 unspecified atom stereocenters. The van der Waals surface area contributed by atoms with Crippen molar-refractivity contribution in [2.45, 2.75) is 6.54 Å². The van der Waals surface area contributed by atoms with E-state index >= 15 is 0 Å². The van der Waals surface area contributed by atoms with Crippen LogP contribution in [-0.2, 0) is 11.3 Å². The molecule has 0 radical (unpaired) electrons. The highest BCUT2D eigenvalue weighted by Gasteiger charge is 2.07. The molecule has 0 spiro atoms. The number of ether oxygens (including phenoxy) is 2. The molecule has 0 fully saturated rings. The number of methoxy groups -OCH3 is 1. The molecule has 1 aromatic carbocycles. The van der Waals surface area contributed by atoms with Crippen molar-refractivity contribution in [3.05, 3.63) is 59.0 Å². The van der Waals surface area contributed by atoms with E-state index < -0.39 is 0 Å². The zero-order valence-corrected chi connectivity index (χ0v) is 15.7. The van der Waals surface area contributed by atoms with Gasteiger partial charge in [-0.1, -0.05) is 30.3 Å². The van der Waals surface area contributed by atoms with Crippen molar-refractivity contribution >= 4 is 23.1 Å². The Hall–Kier alpha value is -2.97. The molecule has 140 valence electrons.